The molecule has 1 aliphatic carbocycles. The first-order valence-electron chi connectivity index (χ1n) is 8.49. The number of rotatable bonds is 1. The molecule has 0 saturated heterocycles. The number of benzene rings is 3. The van der Waals surface area contributed by atoms with E-state index < -0.39 is 11.6 Å². The molecular weight excluding hydrogens is 402 g/mol. The maximum absolute atomic E-state index is 12.8. The second-order valence-electron chi connectivity index (χ2n) is 6.52. The van der Waals surface area contributed by atoms with Gasteiger partial charge in [0.05, 0.1) is 0 Å². The molecule has 1 aliphatic rings. The zero-order chi connectivity index (χ0) is 18.5. The average Bonchev–Trinajstić information content (AvgIpc) is 2.71. The van der Waals surface area contributed by atoms with Crippen LogP contribution in [0.1, 0.15) is 20.7 Å². The summed E-state index contributed by atoms with van der Waals surface area (Å²) in [7, 11) is 0. The Morgan fingerprint density at radius 3 is 2.19 bits per heavy atom. The van der Waals surface area contributed by atoms with Crippen LogP contribution in [0.3, 0.4) is 0 Å². The summed E-state index contributed by atoms with van der Waals surface area (Å²) in [5.41, 5.74) is 4.29. The molecule has 0 amide bonds. The minimum absolute atomic E-state index is 0.445. The number of aromatic nitrogens is 1. The highest BCUT2D eigenvalue weighted by molar-refractivity contribution is 9.10. The van der Waals surface area contributed by atoms with Crippen LogP contribution in [-0.4, -0.2) is 16.6 Å². The lowest BCUT2D eigenvalue weighted by atomic mass is 9.82. The predicted molar refractivity (Wildman–Crippen MR) is 109 cm³/mol. The summed E-state index contributed by atoms with van der Waals surface area (Å²) < 4.78 is 0.782. The molecular formula is C23H12BrNO2. The van der Waals surface area contributed by atoms with Crippen molar-refractivity contribution in [1.82, 2.24) is 4.98 Å². The van der Waals surface area contributed by atoms with Crippen LogP contribution in [-0.2, 0) is 0 Å². The van der Waals surface area contributed by atoms with Gasteiger partial charge in [-0.1, -0.05) is 58.4 Å². The van der Waals surface area contributed by atoms with E-state index in [4.69, 9.17) is 0 Å². The molecule has 1 aromatic heterocycles. The minimum Gasteiger partial charge on any atom is -0.285 e. The summed E-state index contributed by atoms with van der Waals surface area (Å²) in [6.45, 7) is 0. The highest BCUT2D eigenvalue weighted by Crippen LogP contribution is 2.38. The van der Waals surface area contributed by atoms with Crippen LogP contribution in [0.15, 0.2) is 77.5 Å². The standard InChI is InChI=1S/C23H12BrNO2/c24-15-6-8-18-17-7-5-13(9-19(17)22(26)23(27)20(18)10-15)21-12-25-11-14-3-1-2-4-16(14)21/h1-12H. The van der Waals surface area contributed by atoms with Crippen molar-refractivity contribution >= 4 is 38.3 Å². The molecule has 1 heterocycles. The normalized spacial score (nSPS) is 12.8. The smallest absolute Gasteiger partial charge is 0.234 e. The lowest BCUT2D eigenvalue weighted by Gasteiger charge is -2.19. The third-order valence-electron chi connectivity index (χ3n) is 4.97. The van der Waals surface area contributed by atoms with Crippen molar-refractivity contribution in [3.05, 3.63) is 88.7 Å². The molecule has 4 heteroatoms. The Bertz CT molecular complexity index is 1270. The van der Waals surface area contributed by atoms with E-state index in [9.17, 15) is 9.59 Å². The SMILES string of the molecule is O=C1C(=O)c2cc(-c3cncc4ccccc34)ccc2-c2ccc(Br)cc21. The number of pyridine rings is 1. The number of carbonyl (C=O) groups is 2. The third kappa shape index (κ3) is 2.45. The lowest BCUT2D eigenvalue weighted by Crippen LogP contribution is -2.21. The van der Waals surface area contributed by atoms with Gasteiger partial charge in [0.1, 0.15) is 0 Å². The predicted octanol–water partition coefficient (Wildman–Crippen LogP) is 5.71. The number of halogens is 1. The number of ketones is 2. The Morgan fingerprint density at radius 2 is 1.37 bits per heavy atom. The Balaban J connectivity index is 1.75. The molecule has 0 N–H and O–H groups in total. The van der Waals surface area contributed by atoms with Crippen LogP contribution in [0.4, 0.5) is 0 Å². The molecule has 0 fully saturated rings. The van der Waals surface area contributed by atoms with E-state index >= 15 is 0 Å². The monoisotopic (exact) mass is 413 g/mol. The Kier molecular flexibility index (Phi) is 3.55. The highest BCUT2D eigenvalue weighted by Gasteiger charge is 2.30. The molecule has 128 valence electrons. The molecule has 3 nitrogen and oxygen atoms in total. The molecule has 0 radical (unpaired) electrons. The molecule has 0 saturated carbocycles. The largest absolute Gasteiger partial charge is 0.285 e. The van der Waals surface area contributed by atoms with Crippen LogP contribution >= 0.6 is 15.9 Å². The van der Waals surface area contributed by atoms with Crippen LogP contribution in [0.2, 0.25) is 0 Å². The van der Waals surface area contributed by atoms with E-state index in [0.29, 0.717) is 11.1 Å². The minimum atomic E-state index is -0.467. The van der Waals surface area contributed by atoms with Gasteiger partial charge in [-0.3, -0.25) is 14.6 Å². The Labute approximate surface area is 163 Å². The summed E-state index contributed by atoms with van der Waals surface area (Å²) in [5.74, 6) is -0.933. The van der Waals surface area contributed by atoms with Crippen molar-refractivity contribution in [2.24, 2.45) is 0 Å². The number of fused-ring (bicyclic) bond motifs is 4. The van der Waals surface area contributed by atoms with Gasteiger partial charge in [-0.2, -0.15) is 0 Å². The number of nitrogens with zero attached hydrogens (tertiary/aromatic N) is 1. The van der Waals surface area contributed by atoms with E-state index in [2.05, 4.69) is 20.9 Å². The summed E-state index contributed by atoms with van der Waals surface area (Å²) in [6.07, 6.45) is 3.62. The summed E-state index contributed by atoms with van der Waals surface area (Å²) >= 11 is 3.37. The second kappa shape index (κ2) is 5.96. The van der Waals surface area contributed by atoms with Gasteiger partial charge in [0.15, 0.2) is 0 Å². The van der Waals surface area contributed by atoms with E-state index in [1.54, 1.807) is 12.3 Å². The van der Waals surface area contributed by atoms with Crippen LogP contribution in [0.5, 0.6) is 0 Å². The topological polar surface area (TPSA) is 47.0 Å². The van der Waals surface area contributed by atoms with Gasteiger partial charge in [-0.05, 0) is 40.3 Å². The summed E-state index contributed by atoms with van der Waals surface area (Å²) in [5, 5.41) is 2.09. The molecule has 0 aliphatic heterocycles. The average molecular weight is 414 g/mol. The molecule has 3 aromatic carbocycles. The number of Topliss-reactive ketones (excluding diaryl/α,β-unsaturated/α-hetero) is 2. The van der Waals surface area contributed by atoms with Gasteiger partial charge in [-0.25, -0.2) is 0 Å². The molecule has 0 atom stereocenters. The highest BCUT2D eigenvalue weighted by atomic mass is 79.9. The summed E-state index contributed by atoms with van der Waals surface area (Å²) in [4.78, 5) is 29.7. The summed E-state index contributed by atoms with van der Waals surface area (Å²) in [6, 6.07) is 19.2. The van der Waals surface area contributed by atoms with Gasteiger partial charge >= 0.3 is 0 Å². The Hall–Kier alpha value is -3.11. The molecule has 0 unspecified atom stereocenters. The van der Waals surface area contributed by atoms with Gasteiger partial charge in [0.2, 0.25) is 11.6 Å². The first-order valence-corrected chi connectivity index (χ1v) is 9.29. The van der Waals surface area contributed by atoms with Crippen molar-refractivity contribution in [1.29, 1.82) is 0 Å². The van der Waals surface area contributed by atoms with Gasteiger partial charge in [0.25, 0.3) is 0 Å². The van der Waals surface area contributed by atoms with Crippen LogP contribution in [0, 0.1) is 0 Å². The van der Waals surface area contributed by atoms with E-state index in [1.165, 1.54) is 0 Å². The Morgan fingerprint density at radius 1 is 0.667 bits per heavy atom. The van der Waals surface area contributed by atoms with Crippen molar-refractivity contribution in [2.45, 2.75) is 0 Å². The van der Waals surface area contributed by atoms with Gasteiger partial charge in [-0.15, -0.1) is 0 Å². The molecule has 5 rings (SSSR count). The van der Waals surface area contributed by atoms with Crippen LogP contribution in [0.25, 0.3) is 33.0 Å². The maximum Gasteiger partial charge on any atom is 0.234 e. The first kappa shape index (κ1) is 16.1. The fraction of sp³-hybridized carbons (Fsp3) is 0. The van der Waals surface area contributed by atoms with Gasteiger partial charge < -0.3 is 0 Å². The van der Waals surface area contributed by atoms with E-state index in [0.717, 1.165) is 37.5 Å². The quantitative estimate of drug-likeness (QED) is 0.375. The second-order valence-corrected chi connectivity index (χ2v) is 7.43. The van der Waals surface area contributed by atoms with E-state index in [-0.39, 0.29) is 0 Å². The third-order valence-corrected chi connectivity index (χ3v) is 5.46. The zero-order valence-electron chi connectivity index (χ0n) is 14.1. The fourth-order valence-electron chi connectivity index (χ4n) is 3.66. The first-order chi connectivity index (χ1) is 13.1. The van der Waals surface area contributed by atoms with Gasteiger partial charge in [0, 0.05) is 38.9 Å². The molecule has 4 aromatic rings. The van der Waals surface area contributed by atoms with Crippen molar-refractivity contribution in [2.75, 3.05) is 0 Å². The van der Waals surface area contributed by atoms with Crippen LogP contribution < -0.4 is 0 Å². The van der Waals surface area contributed by atoms with Crippen molar-refractivity contribution < 1.29 is 9.59 Å². The molecule has 27 heavy (non-hydrogen) atoms. The number of hydrogen-bond acceptors (Lipinski definition) is 3. The zero-order valence-corrected chi connectivity index (χ0v) is 15.7. The maximum atomic E-state index is 12.8. The van der Waals surface area contributed by atoms with Crippen molar-refractivity contribution in [3.63, 3.8) is 0 Å². The molecule has 0 bridgehead atoms. The number of carbonyl (C=O) groups excluding carboxylic acids is 2. The fourth-order valence-corrected chi connectivity index (χ4v) is 4.03. The lowest BCUT2D eigenvalue weighted by molar-refractivity contribution is 0.0815. The van der Waals surface area contributed by atoms with E-state index in [1.807, 2.05) is 60.8 Å². The van der Waals surface area contributed by atoms with Crippen molar-refractivity contribution in [3.8, 4) is 22.3 Å². The molecule has 0 spiro atoms. The number of hydrogen-bond donors (Lipinski definition) is 0.